The Balaban J connectivity index is 1.51. The average molecular weight is 333 g/mol. The van der Waals surface area contributed by atoms with Crippen LogP contribution in [-0.4, -0.2) is 33.9 Å². The van der Waals surface area contributed by atoms with Crippen LogP contribution in [0.15, 0.2) is 54.7 Å². The summed E-state index contributed by atoms with van der Waals surface area (Å²) in [7, 11) is 0. The van der Waals surface area contributed by atoms with Gasteiger partial charge in [-0.05, 0) is 43.5 Å². The fourth-order valence-corrected chi connectivity index (χ4v) is 3.79. The molecule has 1 aromatic carbocycles. The van der Waals surface area contributed by atoms with E-state index in [0.29, 0.717) is 5.92 Å². The summed E-state index contributed by atoms with van der Waals surface area (Å²) in [6.07, 6.45) is 3.96. The van der Waals surface area contributed by atoms with Gasteiger partial charge in [0.1, 0.15) is 5.65 Å². The molecule has 1 saturated heterocycles. The second kappa shape index (κ2) is 6.71. The van der Waals surface area contributed by atoms with Gasteiger partial charge in [0.05, 0.1) is 5.92 Å². The van der Waals surface area contributed by atoms with Crippen molar-refractivity contribution in [3.8, 4) is 0 Å². The third-order valence-corrected chi connectivity index (χ3v) is 5.26. The van der Waals surface area contributed by atoms with Crippen LogP contribution in [0.4, 0.5) is 0 Å². The van der Waals surface area contributed by atoms with E-state index in [1.165, 1.54) is 5.69 Å². The molecule has 4 heteroatoms. The molecule has 0 spiro atoms. The number of fused-ring (bicyclic) bond motifs is 1. The lowest BCUT2D eigenvalue weighted by atomic mass is 9.92. The van der Waals surface area contributed by atoms with Gasteiger partial charge in [-0.15, -0.1) is 0 Å². The van der Waals surface area contributed by atoms with E-state index < -0.39 is 0 Å². The molecule has 4 rings (SSSR count). The Morgan fingerprint density at radius 1 is 1.24 bits per heavy atom. The number of pyridine rings is 1. The number of carbonyl (C=O) groups excluding carboxylic acids is 1. The zero-order valence-electron chi connectivity index (χ0n) is 14.5. The van der Waals surface area contributed by atoms with Gasteiger partial charge in [0.25, 0.3) is 0 Å². The van der Waals surface area contributed by atoms with Crippen LogP contribution in [0.3, 0.4) is 0 Å². The SMILES string of the molecule is C[C@@H](C(=O)N1CCC[C@@H](c2cc3cccnc3[nH]2)C1)c1ccccc1. The molecule has 1 amide bonds. The first-order valence-corrected chi connectivity index (χ1v) is 9.00. The summed E-state index contributed by atoms with van der Waals surface area (Å²) in [5.41, 5.74) is 3.21. The van der Waals surface area contributed by atoms with Gasteiger partial charge in [0.15, 0.2) is 0 Å². The van der Waals surface area contributed by atoms with Gasteiger partial charge in [-0.3, -0.25) is 4.79 Å². The maximum absolute atomic E-state index is 13.0. The number of aromatic nitrogens is 2. The number of H-pyrrole nitrogens is 1. The largest absolute Gasteiger partial charge is 0.343 e. The second-order valence-electron chi connectivity index (χ2n) is 6.92. The van der Waals surface area contributed by atoms with E-state index >= 15 is 0 Å². The Hall–Kier alpha value is -2.62. The summed E-state index contributed by atoms with van der Waals surface area (Å²) >= 11 is 0. The molecule has 0 unspecified atom stereocenters. The Labute approximate surface area is 147 Å². The van der Waals surface area contributed by atoms with Crippen LogP contribution in [0.1, 0.15) is 42.9 Å². The molecule has 1 aliphatic rings. The van der Waals surface area contributed by atoms with Gasteiger partial charge in [0, 0.05) is 36.3 Å². The number of rotatable bonds is 3. The molecule has 1 fully saturated rings. The number of nitrogens with one attached hydrogen (secondary N) is 1. The summed E-state index contributed by atoms with van der Waals surface area (Å²) in [6, 6.07) is 16.3. The van der Waals surface area contributed by atoms with E-state index in [4.69, 9.17) is 0 Å². The van der Waals surface area contributed by atoms with Crippen molar-refractivity contribution in [1.82, 2.24) is 14.9 Å². The predicted molar refractivity (Wildman–Crippen MR) is 99.5 cm³/mol. The van der Waals surface area contributed by atoms with E-state index in [1.54, 1.807) is 6.20 Å². The Kier molecular flexibility index (Phi) is 4.26. The maximum Gasteiger partial charge on any atom is 0.229 e. The number of likely N-dealkylation sites (tertiary alicyclic amines) is 1. The van der Waals surface area contributed by atoms with Crippen molar-refractivity contribution < 1.29 is 4.79 Å². The first kappa shape index (κ1) is 15.9. The molecule has 2 atom stereocenters. The highest BCUT2D eigenvalue weighted by atomic mass is 16.2. The van der Waals surface area contributed by atoms with Crippen molar-refractivity contribution in [2.45, 2.75) is 31.6 Å². The van der Waals surface area contributed by atoms with Gasteiger partial charge >= 0.3 is 0 Å². The molecule has 0 radical (unpaired) electrons. The minimum absolute atomic E-state index is 0.0932. The molecule has 1 N–H and O–H groups in total. The van der Waals surface area contributed by atoms with Gasteiger partial charge < -0.3 is 9.88 Å². The van der Waals surface area contributed by atoms with E-state index in [-0.39, 0.29) is 11.8 Å². The van der Waals surface area contributed by atoms with Gasteiger partial charge in [-0.2, -0.15) is 0 Å². The standard InChI is InChI=1S/C21H23N3O/c1-15(16-7-3-2-4-8-16)21(25)24-12-6-10-18(14-24)19-13-17-9-5-11-22-20(17)23-19/h2-5,7-9,11,13,15,18H,6,10,12,14H2,1H3,(H,22,23)/t15-,18-/m1/s1. The Morgan fingerprint density at radius 3 is 2.88 bits per heavy atom. The van der Waals surface area contributed by atoms with E-state index in [9.17, 15) is 4.79 Å². The molecule has 0 bridgehead atoms. The lowest BCUT2D eigenvalue weighted by Crippen LogP contribution is -2.41. The summed E-state index contributed by atoms with van der Waals surface area (Å²) in [6.45, 7) is 3.64. The fraction of sp³-hybridized carbons (Fsp3) is 0.333. The topological polar surface area (TPSA) is 49.0 Å². The van der Waals surface area contributed by atoms with E-state index in [0.717, 1.165) is 42.5 Å². The highest BCUT2D eigenvalue weighted by Gasteiger charge is 2.28. The first-order valence-electron chi connectivity index (χ1n) is 9.00. The Bertz CT molecular complexity index is 838. The molecule has 3 aromatic rings. The molecule has 25 heavy (non-hydrogen) atoms. The third-order valence-electron chi connectivity index (χ3n) is 5.26. The molecule has 4 nitrogen and oxygen atoms in total. The van der Waals surface area contributed by atoms with Crippen LogP contribution in [0.25, 0.3) is 11.0 Å². The number of hydrogen-bond acceptors (Lipinski definition) is 2. The summed E-state index contributed by atoms with van der Waals surface area (Å²) in [4.78, 5) is 22.8. The van der Waals surface area contributed by atoms with Crippen LogP contribution in [-0.2, 0) is 4.79 Å². The maximum atomic E-state index is 13.0. The van der Waals surface area contributed by atoms with Crippen molar-refractivity contribution in [3.63, 3.8) is 0 Å². The van der Waals surface area contributed by atoms with Gasteiger partial charge in [-0.25, -0.2) is 4.98 Å². The minimum atomic E-state index is -0.0932. The number of aromatic amines is 1. The summed E-state index contributed by atoms with van der Waals surface area (Å²) < 4.78 is 0. The second-order valence-corrected chi connectivity index (χ2v) is 6.92. The normalized spacial score (nSPS) is 19.1. The number of hydrogen-bond donors (Lipinski definition) is 1. The number of benzene rings is 1. The zero-order chi connectivity index (χ0) is 17.2. The molecule has 2 aromatic heterocycles. The van der Waals surface area contributed by atoms with Crippen molar-refractivity contribution in [1.29, 1.82) is 0 Å². The van der Waals surface area contributed by atoms with Crippen LogP contribution in [0, 0.1) is 0 Å². The monoisotopic (exact) mass is 333 g/mol. The van der Waals surface area contributed by atoms with Crippen molar-refractivity contribution in [2.75, 3.05) is 13.1 Å². The van der Waals surface area contributed by atoms with Crippen LogP contribution < -0.4 is 0 Å². The Morgan fingerprint density at radius 2 is 2.08 bits per heavy atom. The first-order chi connectivity index (χ1) is 12.2. The number of amides is 1. The molecule has 128 valence electrons. The highest BCUT2D eigenvalue weighted by Crippen LogP contribution is 2.30. The van der Waals surface area contributed by atoms with Gasteiger partial charge in [0.2, 0.25) is 5.91 Å². The molecular formula is C21H23N3O. The fourth-order valence-electron chi connectivity index (χ4n) is 3.79. The van der Waals surface area contributed by atoms with Gasteiger partial charge in [-0.1, -0.05) is 30.3 Å². The predicted octanol–water partition coefficient (Wildman–Crippen LogP) is 4.07. The highest BCUT2D eigenvalue weighted by molar-refractivity contribution is 5.83. The molecular weight excluding hydrogens is 310 g/mol. The molecule has 1 aliphatic heterocycles. The van der Waals surface area contributed by atoms with Crippen LogP contribution in [0.5, 0.6) is 0 Å². The van der Waals surface area contributed by atoms with Crippen molar-refractivity contribution in [2.24, 2.45) is 0 Å². The zero-order valence-corrected chi connectivity index (χ0v) is 14.5. The number of nitrogens with zero attached hydrogens (tertiary/aromatic N) is 2. The smallest absolute Gasteiger partial charge is 0.229 e. The summed E-state index contributed by atoms with van der Waals surface area (Å²) in [5.74, 6) is 0.490. The van der Waals surface area contributed by atoms with E-state index in [1.807, 2.05) is 48.2 Å². The summed E-state index contributed by atoms with van der Waals surface area (Å²) in [5, 5.41) is 1.14. The van der Waals surface area contributed by atoms with Crippen molar-refractivity contribution in [3.05, 3.63) is 66.0 Å². The minimum Gasteiger partial charge on any atom is -0.343 e. The lowest BCUT2D eigenvalue weighted by Gasteiger charge is -2.34. The number of piperidine rings is 1. The molecule has 0 saturated carbocycles. The number of carbonyl (C=O) groups is 1. The average Bonchev–Trinajstić information content (AvgIpc) is 3.12. The third kappa shape index (κ3) is 3.16. The van der Waals surface area contributed by atoms with Crippen molar-refractivity contribution >= 4 is 16.9 Å². The van der Waals surface area contributed by atoms with E-state index in [2.05, 4.69) is 22.1 Å². The van der Waals surface area contributed by atoms with Crippen LogP contribution >= 0.6 is 0 Å². The quantitative estimate of drug-likeness (QED) is 0.785. The van der Waals surface area contributed by atoms with Crippen LogP contribution in [0.2, 0.25) is 0 Å². The lowest BCUT2D eigenvalue weighted by molar-refractivity contribution is -0.133. The molecule has 0 aliphatic carbocycles. The molecule has 3 heterocycles.